The smallest absolute Gasteiger partial charge is 0.335 e. The molecule has 0 aliphatic rings. The highest BCUT2D eigenvalue weighted by Gasteiger charge is 2.31. The van der Waals surface area contributed by atoms with Crippen LogP contribution in [0.25, 0.3) is 22.5 Å². The monoisotopic (exact) mass is 455 g/mol. The standard InChI is InChI=1S/C18H3F10NO2/c19-8-6(9(20)13(24)16(27)12(8)23)4-1-3(18(30)31)2-5(29-4)7-10(21)14(25)17(28)15(26)11(7)22/h1-2H,(H,30,31). The number of carbonyl (C=O) groups is 1. The van der Waals surface area contributed by atoms with Gasteiger partial charge in [0.05, 0.1) is 28.1 Å². The van der Waals surface area contributed by atoms with Crippen LogP contribution in [0.15, 0.2) is 12.1 Å². The van der Waals surface area contributed by atoms with Gasteiger partial charge >= 0.3 is 5.97 Å². The van der Waals surface area contributed by atoms with Gasteiger partial charge in [-0.05, 0) is 12.1 Å². The number of carboxylic acid groups (broad SMARTS) is 1. The van der Waals surface area contributed by atoms with Crippen molar-refractivity contribution in [3.63, 3.8) is 0 Å². The Bertz CT molecular complexity index is 1130. The van der Waals surface area contributed by atoms with Crippen molar-refractivity contribution < 1.29 is 53.8 Å². The van der Waals surface area contributed by atoms with Gasteiger partial charge in [0.2, 0.25) is 11.6 Å². The van der Waals surface area contributed by atoms with Crippen LogP contribution in [-0.2, 0) is 0 Å². The Morgan fingerprint density at radius 2 is 0.806 bits per heavy atom. The highest BCUT2D eigenvalue weighted by molar-refractivity contribution is 5.90. The molecule has 0 saturated heterocycles. The predicted octanol–water partition coefficient (Wildman–Crippen LogP) is 5.50. The summed E-state index contributed by atoms with van der Waals surface area (Å²) in [4.78, 5) is 14.5. The van der Waals surface area contributed by atoms with E-state index in [2.05, 4.69) is 4.98 Å². The molecule has 0 fully saturated rings. The van der Waals surface area contributed by atoms with Gasteiger partial charge in [0.25, 0.3) is 0 Å². The van der Waals surface area contributed by atoms with Gasteiger partial charge in [-0.1, -0.05) is 0 Å². The molecule has 0 amide bonds. The predicted molar refractivity (Wildman–Crippen MR) is 81.6 cm³/mol. The number of aromatic nitrogens is 1. The van der Waals surface area contributed by atoms with E-state index in [1.807, 2.05) is 0 Å². The normalized spacial score (nSPS) is 11.2. The van der Waals surface area contributed by atoms with E-state index >= 15 is 0 Å². The zero-order valence-corrected chi connectivity index (χ0v) is 14.2. The van der Waals surface area contributed by atoms with Crippen LogP contribution < -0.4 is 0 Å². The fourth-order valence-electron chi connectivity index (χ4n) is 2.57. The van der Waals surface area contributed by atoms with E-state index < -0.39 is 92.2 Å². The van der Waals surface area contributed by atoms with Crippen molar-refractivity contribution in [3.05, 3.63) is 75.9 Å². The average Bonchev–Trinajstić information content (AvgIpc) is 2.73. The lowest BCUT2D eigenvalue weighted by Crippen LogP contribution is -2.09. The number of halogens is 10. The maximum atomic E-state index is 14.1. The van der Waals surface area contributed by atoms with Crippen molar-refractivity contribution in [3.8, 4) is 22.5 Å². The topological polar surface area (TPSA) is 50.2 Å². The van der Waals surface area contributed by atoms with Crippen LogP contribution in [0.2, 0.25) is 0 Å². The molecule has 2 aromatic carbocycles. The van der Waals surface area contributed by atoms with Crippen molar-refractivity contribution in [1.82, 2.24) is 4.98 Å². The first kappa shape index (κ1) is 22.1. The molecule has 31 heavy (non-hydrogen) atoms. The molecular formula is C18H3F10NO2. The van der Waals surface area contributed by atoms with Crippen LogP contribution in [0.4, 0.5) is 43.9 Å². The number of hydrogen-bond donors (Lipinski definition) is 1. The fourth-order valence-corrected chi connectivity index (χ4v) is 2.57. The number of pyridine rings is 1. The highest BCUT2D eigenvalue weighted by atomic mass is 19.2. The minimum atomic E-state index is -2.56. The molecule has 0 aliphatic carbocycles. The third kappa shape index (κ3) is 3.35. The third-order valence-electron chi connectivity index (χ3n) is 4.00. The van der Waals surface area contributed by atoms with E-state index in [9.17, 15) is 48.7 Å². The van der Waals surface area contributed by atoms with E-state index in [4.69, 9.17) is 5.11 Å². The zero-order chi connectivity index (χ0) is 23.4. The molecule has 1 heterocycles. The van der Waals surface area contributed by atoms with Crippen molar-refractivity contribution in [2.45, 2.75) is 0 Å². The lowest BCUT2D eigenvalue weighted by atomic mass is 10.0. The second-order valence-electron chi connectivity index (χ2n) is 5.82. The summed E-state index contributed by atoms with van der Waals surface area (Å²) in [5.41, 5.74) is -7.33. The largest absolute Gasteiger partial charge is 0.478 e. The molecule has 0 bridgehead atoms. The molecular weight excluding hydrogens is 452 g/mol. The van der Waals surface area contributed by atoms with Crippen LogP contribution in [0.3, 0.4) is 0 Å². The SMILES string of the molecule is O=C(O)c1cc(-c2c(F)c(F)c(F)c(F)c2F)nc(-c2c(F)c(F)c(F)c(F)c2F)c1. The minimum Gasteiger partial charge on any atom is -0.478 e. The lowest BCUT2D eigenvalue weighted by molar-refractivity contribution is 0.0696. The first-order valence-corrected chi connectivity index (χ1v) is 7.67. The molecule has 162 valence electrons. The summed E-state index contributed by atoms with van der Waals surface area (Å²) in [5.74, 6) is -26.8. The molecule has 13 heteroatoms. The first-order valence-electron chi connectivity index (χ1n) is 7.67. The maximum absolute atomic E-state index is 14.1. The quantitative estimate of drug-likeness (QED) is 0.322. The van der Waals surface area contributed by atoms with E-state index in [-0.39, 0.29) is 12.1 Å². The van der Waals surface area contributed by atoms with Gasteiger partial charge in [0.1, 0.15) is 0 Å². The van der Waals surface area contributed by atoms with E-state index in [0.29, 0.717) is 0 Å². The molecule has 0 aliphatic heterocycles. The lowest BCUT2D eigenvalue weighted by Gasteiger charge is -2.12. The second kappa shape index (κ2) is 7.56. The minimum absolute atomic E-state index is 0.274. The van der Waals surface area contributed by atoms with Crippen LogP contribution in [0, 0.1) is 58.2 Å². The van der Waals surface area contributed by atoms with Crippen LogP contribution in [0.1, 0.15) is 10.4 Å². The van der Waals surface area contributed by atoms with Crippen molar-refractivity contribution >= 4 is 5.97 Å². The molecule has 0 radical (unpaired) electrons. The number of hydrogen-bond acceptors (Lipinski definition) is 2. The number of rotatable bonds is 3. The third-order valence-corrected chi connectivity index (χ3v) is 4.00. The summed E-state index contributed by atoms with van der Waals surface area (Å²) in [6.45, 7) is 0. The fraction of sp³-hybridized carbons (Fsp3) is 0. The molecule has 0 saturated carbocycles. The van der Waals surface area contributed by atoms with Gasteiger partial charge in [-0.25, -0.2) is 53.7 Å². The Labute approximate surface area is 164 Å². The molecule has 3 nitrogen and oxygen atoms in total. The van der Waals surface area contributed by atoms with Gasteiger partial charge in [-0.3, -0.25) is 0 Å². The molecule has 0 unspecified atom stereocenters. The van der Waals surface area contributed by atoms with Crippen LogP contribution >= 0.6 is 0 Å². The molecule has 0 spiro atoms. The Hall–Kier alpha value is -3.64. The van der Waals surface area contributed by atoms with Gasteiger partial charge < -0.3 is 5.11 Å². The highest BCUT2D eigenvalue weighted by Crippen LogP contribution is 2.35. The zero-order valence-electron chi connectivity index (χ0n) is 14.2. The average molecular weight is 455 g/mol. The Morgan fingerprint density at radius 3 is 1.06 bits per heavy atom. The van der Waals surface area contributed by atoms with Gasteiger partial charge in [0.15, 0.2) is 46.5 Å². The number of aromatic carboxylic acids is 1. The number of benzene rings is 2. The van der Waals surface area contributed by atoms with Crippen molar-refractivity contribution in [2.24, 2.45) is 0 Å². The van der Waals surface area contributed by atoms with E-state index in [1.165, 1.54) is 0 Å². The van der Waals surface area contributed by atoms with Crippen LogP contribution in [-0.4, -0.2) is 16.1 Å². The summed E-state index contributed by atoms with van der Waals surface area (Å²) in [6.07, 6.45) is 0. The van der Waals surface area contributed by atoms with Gasteiger partial charge in [-0.2, -0.15) is 0 Å². The molecule has 1 aromatic heterocycles. The summed E-state index contributed by atoms with van der Waals surface area (Å²) >= 11 is 0. The second-order valence-corrected chi connectivity index (χ2v) is 5.82. The van der Waals surface area contributed by atoms with E-state index in [1.54, 1.807) is 0 Å². The van der Waals surface area contributed by atoms with Crippen molar-refractivity contribution in [2.75, 3.05) is 0 Å². The van der Waals surface area contributed by atoms with Gasteiger partial charge in [0, 0.05) is 0 Å². The van der Waals surface area contributed by atoms with Crippen LogP contribution in [0.5, 0.6) is 0 Å². The summed E-state index contributed by atoms with van der Waals surface area (Å²) in [7, 11) is 0. The Morgan fingerprint density at radius 1 is 0.548 bits per heavy atom. The van der Waals surface area contributed by atoms with Crippen molar-refractivity contribution in [1.29, 1.82) is 0 Å². The molecule has 3 rings (SSSR count). The maximum Gasteiger partial charge on any atom is 0.335 e. The number of nitrogens with zero attached hydrogens (tertiary/aromatic N) is 1. The summed E-state index contributed by atoms with van der Waals surface area (Å²) < 4.78 is 137. The molecule has 3 aromatic rings. The van der Waals surface area contributed by atoms with Gasteiger partial charge in [-0.15, -0.1) is 0 Å². The Kier molecular flexibility index (Phi) is 5.38. The summed E-state index contributed by atoms with van der Waals surface area (Å²) in [5, 5.41) is 9.09. The first-order chi connectivity index (χ1) is 14.4. The molecule has 1 N–H and O–H groups in total. The van der Waals surface area contributed by atoms with E-state index in [0.717, 1.165) is 0 Å². The molecule has 0 atom stereocenters. The Balaban J connectivity index is 2.45. The summed E-state index contributed by atoms with van der Waals surface area (Å²) in [6, 6.07) is 0.548. The number of carboxylic acids is 1.